The van der Waals surface area contributed by atoms with Gasteiger partial charge in [-0.25, -0.2) is 8.42 Å². The molecule has 1 amide bonds. The minimum atomic E-state index is -3.55. The van der Waals surface area contributed by atoms with E-state index in [0.29, 0.717) is 10.7 Å². The Morgan fingerprint density at radius 3 is 2.44 bits per heavy atom. The number of sulfonamides is 1. The van der Waals surface area contributed by atoms with E-state index in [1.165, 1.54) is 0 Å². The zero-order valence-corrected chi connectivity index (χ0v) is 16.0. The summed E-state index contributed by atoms with van der Waals surface area (Å²) in [4.78, 5) is 12.3. The summed E-state index contributed by atoms with van der Waals surface area (Å²) in [5.74, 6) is -0.255. The van der Waals surface area contributed by atoms with E-state index in [1.807, 2.05) is 32.0 Å². The first-order chi connectivity index (χ1) is 11.7. The average Bonchev–Trinajstić information content (AvgIpc) is 2.52. The number of nitrogens with one attached hydrogen (secondary N) is 1. The lowest BCUT2D eigenvalue weighted by molar-refractivity contribution is -0.116. The molecule has 2 aromatic rings. The number of carbonyl (C=O) groups excluding carboxylic acids is 1. The Kier molecular flexibility index (Phi) is 6.08. The van der Waals surface area contributed by atoms with Crippen LogP contribution in [-0.2, 0) is 14.8 Å². The Morgan fingerprint density at radius 1 is 1.12 bits per heavy atom. The number of hydrogen-bond donors (Lipinski definition) is 1. The topological polar surface area (TPSA) is 66.5 Å². The summed E-state index contributed by atoms with van der Waals surface area (Å²) in [7, 11) is -3.55. The van der Waals surface area contributed by atoms with Crippen molar-refractivity contribution < 1.29 is 13.2 Å². The summed E-state index contributed by atoms with van der Waals surface area (Å²) in [6.45, 7) is 3.91. The first kappa shape index (κ1) is 19.3. The normalized spacial score (nSPS) is 11.2. The van der Waals surface area contributed by atoms with Crippen LogP contribution in [-0.4, -0.2) is 27.1 Å². The van der Waals surface area contributed by atoms with E-state index in [1.54, 1.807) is 24.3 Å². The molecule has 0 unspecified atom stereocenters. The highest BCUT2D eigenvalue weighted by Crippen LogP contribution is 2.27. The predicted molar refractivity (Wildman–Crippen MR) is 103 cm³/mol. The van der Waals surface area contributed by atoms with Gasteiger partial charge in [0.25, 0.3) is 0 Å². The fourth-order valence-corrected chi connectivity index (χ4v) is 3.65. The van der Waals surface area contributed by atoms with Crippen LogP contribution in [0.3, 0.4) is 0 Å². The largest absolute Gasteiger partial charge is 0.326 e. The first-order valence-electron chi connectivity index (χ1n) is 7.78. The molecule has 2 aromatic carbocycles. The molecular formula is C18H21ClN2O3S. The maximum absolute atomic E-state index is 12.3. The lowest BCUT2D eigenvalue weighted by Crippen LogP contribution is -2.33. The summed E-state index contributed by atoms with van der Waals surface area (Å²) < 4.78 is 25.3. The molecule has 0 aromatic heterocycles. The number of amides is 1. The molecule has 134 valence electrons. The van der Waals surface area contributed by atoms with Gasteiger partial charge in [-0.3, -0.25) is 9.10 Å². The van der Waals surface area contributed by atoms with Crippen LogP contribution in [0.4, 0.5) is 11.4 Å². The summed E-state index contributed by atoms with van der Waals surface area (Å²) in [5, 5.41) is 3.15. The molecule has 0 saturated heterocycles. The van der Waals surface area contributed by atoms with Crippen LogP contribution in [0.1, 0.15) is 17.5 Å². The number of hydrogen-bond acceptors (Lipinski definition) is 3. The van der Waals surface area contributed by atoms with E-state index in [4.69, 9.17) is 11.6 Å². The zero-order valence-electron chi connectivity index (χ0n) is 14.4. The van der Waals surface area contributed by atoms with E-state index in [2.05, 4.69) is 5.32 Å². The molecule has 1 N–H and O–H groups in total. The molecule has 0 radical (unpaired) electrons. The highest BCUT2D eigenvalue weighted by Gasteiger charge is 2.20. The smallest absolute Gasteiger partial charge is 0.232 e. The monoisotopic (exact) mass is 380 g/mol. The summed E-state index contributed by atoms with van der Waals surface area (Å²) in [6.07, 6.45) is 1.12. The molecule has 0 aliphatic rings. The predicted octanol–water partition coefficient (Wildman–Crippen LogP) is 3.75. The van der Waals surface area contributed by atoms with Crippen LogP contribution in [0, 0.1) is 13.8 Å². The molecule has 0 atom stereocenters. The van der Waals surface area contributed by atoms with Crippen LogP contribution in [0.15, 0.2) is 42.5 Å². The Labute approximate surface area is 153 Å². The van der Waals surface area contributed by atoms with Gasteiger partial charge in [-0.1, -0.05) is 35.9 Å². The van der Waals surface area contributed by atoms with Crippen molar-refractivity contribution in [3.8, 4) is 0 Å². The van der Waals surface area contributed by atoms with Crippen molar-refractivity contribution in [2.45, 2.75) is 20.3 Å². The Bertz CT molecular complexity index is 882. The number of para-hydroxylation sites is 1. The van der Waals surface area contributed by atoms with Gasteiger partial charge in [0.15, 0.2) is 0 Å². The molecule has 5 nitrogen and oxygen atoms in total. The minimum absolute atomic E-state index is 0.0132. The highest BCUT2D eigenvalue weighted by molar-refractivity contribution is 7.92. The van der Waals surface area contributed by atoms with E-state index >= 15 is 0 Å². The number of anilines is 2. The molecular weight excluding hydrogens is 360 g/mol. The van der Waals surface area contributed by atoms with Crippen molar-refractivity contribution >= 4 is 38.9 Å². The van der Waals surface area contributed by atoms with Crippen molar-refractivity contribution in [2.75, 3.05) is 22.4 Å². The third kappa shape index (κ3) is 4.96. The van der Waals surface area contributed by atoms with E-state index in [9.17, 15) is 13.2 Å². The van der Waals surface area contributed by atoms with Gasteiger partial charge in [0, 0.05) is 18.7 Å². The van der Waals surface area contributed by atoms with Crippen molar-refractivity contribution in [3.05, 3.63) is 58.6 Å². The van der Waals surface area contributed by atoms with Gasteiger partial charge >= 0.3 is 0 Å². The second-order valence-corrected chi connectivity index (χ2v) is 8.15. The SMILES string of the molecule is Cc1cccc(NC(=O)CCN(c2ccccc2Cl)S(C)(=O)=O)c1C. The van der Waals surface area contributed by atoms with Gasteiger partial charge in [0.05, 0.1) is 17.0 Å². The number of aryl methyl sites for hydroxylation is 1. The van der Waals surface area contributed by atoms with Gasteiger partial charge in [-0.2, -0.15) is 0 Å². The van der Waals surface area contributed by atoms with Crippen LogP contribution >= 0.6 is 11.6 Å². The highest BCUT2D eigenvalue weighted by atomic mass is 35.5. The van der Waals surface area contributed by atoms with Crippen molar-refractivity contribution in [1.29, 1.82) is 0 Å². The minimum Gasteiger partial charge on any atom is -0.326 e. The quantitative estimate of drug-likeness (QED) is 0.829. The molecule has 2 rings (SSSR count). The Morgan fingerprint density at radius 2 is 1.80 bits per heavy atom. The average molecular weight is 381 g/mol. The maximum atomic E-state index is 12.3. The van der Waals surface area contributed by atoms with Gasteiger partial charge in [-0.15, -0.1) is 0 Å². The van der Waals surface area contributed by atoms with E-state index in [0.717, 1.165) is 27.4 Å². The van der Waals surface area contributed by atoms with Gasteiger partial charge < -0.3 is 5.32 Å². The molecule has 0 spiro atoms. The summed E-state index contributed by atoms with van der Waals surface area (Å²) >= 11 is 6.10. The fourth-order valence-electron chi connectivity index (χ4n) is 2.42. The van der Waals surface area contributed by atoms with Crippen molar-refractivity contribution in [2.24, 2.45) is 0 Å². The second-order valence-electron chi connectivity index (χ2n) is 5.83. The van der Waals surface area contributed by atoms with Gasteiger partial charge in [0.2, 0.25) is 15.9 Å². The molecule has 0 heterocycles. The third-order valence-electron chi connectivity index (χ3n) is 3.94. The number of rotatable bonds is 6. The molecule has 0 bridgehead atoms. The zero-order chi connectivity index (χ0) is 18.6. The molecule has 0 saturated carbocycles. The van der Waals surface area contributed by atoms with Crippen molar-refractivity contribution in [3.63, 3.8) is 0 Å². The second kappa shape index (κ2) is 7.89. The standard InChI is InChI=1S/C18H21ClN2O3S/c1-13-7-6-9-16(14(13)2)20-18(22)11-12-21(25(3,23)24)17-10-5-4-8-15(17)19/h4-10H,11-12H2,1-3H3,(H,20,22). The summed E-state index contributed by atoms with van der Waals surface area (Å²) in [6, 6.07) is 12.3. The number of benzene rings is 2. The lowest BCUT2D eigenvalue weighted by atomic mass is 10.1. The van der Waals surface area contributed by atoms with Crippen LogP contribution < -0.4 is 9.62 Å². The van der Waals surface area contributed by atoms with Crippen LogP contribution in [0.2, 0.25) is 5.02 Å². The molecule has 25 heavy (non-hydrogen) atoms. The maximum Gasteiger partial charge on any atom is 0.232 e. The van der Waals surface area contributed by atoms with Crippen LogP contribution in [0.25, 0.3) is 0 Å². The molecule has 0 aliphatic heterocycles. The number of nitrogens with zero attached hydrogens (tertiary/aromatic N) is 1. The molecule has 0 aliphatic carbocycles. The number of halogens is 1. The van der Waals surface area contributed by atoms with Crippen LogP contribution in [0.5, 0.6) is 0 Å². The first-order valence-corrected chi connectivity index (χ1v) is 10.0. The molecule has 0 fully saturated rings. The summed E-state index contributed by atoms with van der Waals surface area (Å²) in [5.41, 5.74) is 3.16. The van der Waals surface area contributed by atoms with E-state index < -0.39 is 10.0 Å². The van der Waals surface area contributed by atoms with Crippen molar-refractivity contribution in [1.82, 2.24) is 0 Å². The van der Waals surface area contributed by atoms with Gasteiger partial charge in [-0.05, 0) is 43.2 Å². The Hall–Kier alpha value is -2.05. The van der Waals surface area contributed by atoms with Gasteiger partial charge in [0.1, 0.15) is 0 Å². The van der Waals surface area contributed by atoms with E-state index in [-0.39, 0.29) is 18.9 Å². The fraction of sp³-hybridized carbons (Fsp3) is 0.278. The Balaban J connectivity index is 2.12. The lowest BCUT2D eigenvalue weighted by Gasteiger charge is -2.23. The third-order valence-corrected chi connectivity index (χ3v) is 5.44. The number of carbonyl (C=O) groups is 1. The molecule has 7 heteroatoms.